The smallest absolute Gasteiger partial charge is 0.387 e. The lowest BCUT2D eigenvalue weighted by molar-refractivity contribution is -0.0498. The summed E-state index contributed by atoms with van der Waals surface area (Å²) in [6.45, 7) is -2.94. The number of aromatic nitrogens is 2. The van der Waals surface area contributed by atoms with Crippen LogP contribution in [0.5, 0.6) is 5.75 Å². The van der Waals surface area contributed by atoms with E-state index in [-0.39, 0.29) is 5.75 Å². The van der Waals surface area contributed by atoms with Gasteiger partial charge < -0.3 is 9.84 Å². The van der Waals surface area contributed by atoms with Crippen molar-refractivity contribution in [2.45, 2.75) is 6.61 Å². The molecule has 20 heavy (non-hydrogen) atoms. The van der Waals surface area contributed by atoms with Crippen LogP contribution in [0.1, 0.15) is 10.5 Å². The molecule has 0 fully saturated rings. The van der Waals surface area contributed by atoms with E-state index in [0.29, 0.717) is 5.69 Å². The van der Waals surface area contributed by atoms with E-state index >= 15 is 0 Å². The van der Waals surface area contributed by atoms with Gasteiger partial charge in [-0.05, 0) is 24.3 Å². The van der Waals surface area contributed by atoms with Crippen LogP contribution >= 0.6 is 0 Å². The van der Waals surface area contributed by atoms with Crippen LogP contribution in [-0.2, 0) is 0 Å². The first-order valence-electron chi connectivity index (χ1n) is 5.35. The summed E-state index contributed by atoms with van der Waals surface area (Å²) in [5.74, 6) is -1.51. The normalized spacial score (nSPS) is 10.6. The van der Waals surface area contributed by atoms with E-state index in [9.17, 15) is 18.4 Å². The van der Waals surface area contributed by atoms with Crippen molar-refractivity contribution in [3.8, 4) is 11.4 Å². The van der Waals surface area contributed by atoms with Crippen LogP contribution in [0.2, 0.25) is 0 Å². The Labute approximate surface area is 110 Å². The molecule has 0 unspecified atom stereocenters. The molecule has 2 rings (SSSR count). The van der Waals surface area contributed by atoms with Crippen molar-refractivity contribution in [2.24, 2.45) is 0 Å². The fourth-order valence-electron chi connectivity index (χ4n) is 1.55. The van der Waals surface area contributed by atoms with Gasteiger partial charge in [-0.15, -0.1) is 0 Å². The number of carboxylic acids is 1. The summed E-state index contributed by atoms with van der Waals surface area (Å²) >= 11 is 0. The zero-order valence-electron chi connectivity index (χ0n) is 9.86. The number of hydrogen-bond donors (Lipinski definition) is 1. The number of nitrogens with zero attached hydrogens (tertiary/aromatic N) is 2. The highest BCUT2D eigenvalue weighted by Gasteiger charge is 2.13. The Bertz CT molecular complexity index is 683. The van der Waals surface area contributed by atoms with Crippen molar-refractivity contribution in [3.63, 3.8) is 0 Å². The Hall–Kier alpha value is -2.77. The summed E-state index contributed by atoms with van der Waals surface area (Å²) in [7, 11) is 0. The first-order valence-corrected chi connectivity index (χ1v) is 5.35. The number of alkyl halides is 2. The van der Waals surface area contributed by atoms with Crippen molar-refractivity contribution in [3.05, 3.63) is 52.7 Å². The maximum absolute atomic E-state index is 12.0. The van der Waals surface area contributed by atoms with Crippen LogP contribution in [0.25, 0.3) is 5.69 Å². The van der Waals surface area contributed by atoms with E-state index in [2.05, 4.69) is 9.72 Å². The van der Waals surface area contributed by atoms with E-state index in [4.69, 9.17) is 5.11 Å². The molecular formula is C12H8F2N2O4. The molecule has 0 atom stereocenters. The average molecular weight is 282 g/mol. The molecule has 0 saturated carbocycles. The molecule has 1 heterocycles. The van der Waals surface area contributed by atoms with Gasteiger partial charge in [0.05, 0.1) is 0 Å². The highest BCUT2D eigenvalue weighted by atomic mass is 19.3. The third kappa shape index (κ3) is 2.79. The van der Waals surface area contributed by atoms with Crippen molar-refractivity contribution < 1.29 is 23.4 Å². The second-order valence-corrected chi connectivity index (χ2v) is 3.63. The number of aromatic carboxylic acids is 1. The molecule has 104 valence electrons. The molecule has 8 heteroatoms. The minimum atomic E-state index is -2.94. The predicted molar refractivity (Wildman–Crippen MR) is 63.4 cm³/mol. The predicted octanol–water partition coefficient (Wildman–Crippen LogP) is 1.53. The number of carboxylic acid groups (broad SMARTS) is 1. The summed E-state index contributed by atoms with van der Waals surface area (Å²) in [5.41, 5.74) is -1.13. The molecule has 1 aromatic carbocycles. The lowest BCUT2D eigenvalue weighted by Gasteiger charge is -2.08. The summed E-state index contributed by atoms with van der Waals surface area (Å²) in [5, 5.41) is 8.80. The fraction of sp³-hybridized carbons (Fsp3) is 0.0833. The summed E-state index contributed by atoms with van der Waals surface area (Å²) in [6.07, 6.45) is 2.44. The minimum absolute atomic E-state index is 0.0655. The zero-order chi connectivity index (χ0) is 14.7. The van der Waals surface area contributed by atoms with Crippen molar-refractivity contribution >= 4 is 5.97 Å². The van der Waals surface area contributed by atoms with Crippen LogP contribution < -0.4 is 10.3 Å². The largest absolute Gasteiger partial charge is 0.476 e. The van der Waals surface area contributed by atoms with Crippen molar-refractivity contribution in [1.29, 1.82) is 0 Å². The van der Waals surface area contributed by atoms with Gasteiger partial charge in [-0.25, -0.2) is 9.78 Å². The number of carbonyl (C=O) groups is 1. The van der Waals surface area contributed by atoms with Gasteiger partial charge in [-0.1, -0.05) is 0 Å². The zero-order valence-corrected chi connectivity index (χ0v) is 9.86. The Morgan fingerprint density at radius 3 is 2.50 bits per heavy atom. The second kappa shape index (κ2) is 5.47. The second-order valence-electron chi connectivity index (χ2n) is 3.63. The number of benzene rings is 1. The maximum atomic E-state index is 12.0. The monoisotopic (exact) mass is 282 g/mol. The summed E-state index contributed by atoms with van der Waals surface area (Å²) < 4.78 is 29.2. The molecule has 1 aromatic heterocycles. The maximum Gasteiger partial charge on any atom is 0.387 e. The van der Waals surface area contributed by atoms with Gasteiger partial charge in [0.15, 0.2) is 0 Å². The van der Waals surface area contributed by atoms with Crippen LogP contribution in [-0.4, -0.2) is 27.2 Å². The number of ether oxygens (including phenoxy) is 1. The molecule has 0 amide bonds. The molecule has 1 N–H and O–H groups in total. The molecular weight excluding hydrogens is 274 g/mol. The Morgan fingerprint density at radius 2 is 1.95 bits per heavy atom. The van der Waals surface area contributed by atoms with Crippen LogP contribution in [0.3, 0.4) is 0 Å². The summed E-state index contributed by atoms with van der Waals surface area (Å²) in [4.78, 5) is 26.1. The number of halogens is 2. The number of hydrogen-bond acceptors (Lipinski definition) is 4. The fourth-order valence-corrected chi connectivity index (χ4v) is 1.55. The van der Waals surface area contributed by atoms with E-state index in [1.54, 1.807) is 0 Å². The molecule has 0 saturated heterocycles. The first-order chi connectivity index (χ1) is 9.49. The van der Waals surface area contributed by atoms with Gasteiger partial charge in [-0.2, -0.15) is 8.78 Å². The third-order valence-corrected chi connectivity index (χ3v) is 2.38. The molecule has 2 aromatic rings. The third-order valence-electron chi connectivity index (χ3n) is 2.38. The highest BCUT2D eigenvalue weighted by Crippen LogP contribution is 2.16. The van der Waals surface area contributed by atoms with Gasteiger partial charge in [-0.3, -0.25) is 9.36 Å². The Morgan fingerprint density at radius 1 is 1.30 bits per heavy atom. The molecule has 6 nitrogen and oxygen atoms in total. The molecule has 0 aliphatic rings. The van der Waals surface area contributed by atoms with Crippen LogP contribution in [0, 0.1) is 0 Å². The highest BCUT2D eigenvalue weighted by molar-refractivity contribution is 5.84. The lowest BCUT2D eigenvalue weighted by atomic mass is 10.3. The topological polar surface area (TPSA) is 81.4 Å². The first kappa shape index (κ1) is 13.7. The van der Waals surface area contributed by atoms with Gasteiger partial charge in [0.1, 0.15) is 5.75 Å². The van der Waals surface area contributed by atoms with Gasteiger partial charge in [0.2, 0.25) is 5.69 Å². The molecule has 0 spiro atoms. The SMILES string of the molecule is O=C(O)c1nccn(-c2ccc(OC(F)F)cc2)c1=O. The van der Waals surface area contributed by atoms with Crippen LogP contribution in [0.4, 0.5) is 8.78 Å². The van der Waals surface area contributed by atoms with E-state index in [0.717, 1.165) is 10.8 Å². The Kier molecular flexibility index (Phi) is 3.74. The standard InChI is InChI=1S/C12H8F2N2O4/c13-12(14)20-8-3-1-7(2-4-8)16-6-5-15-9(10(16)17)11(18)19/h1-6,12H,(H,18,19). The molecule has 0 aliphatic carbocycles. The minimum Gasteiger partial charge on any atom is -0.476 e. The van der Waals surface area contributed by atoms with E-state index in [1.807, 2.05) is 0 Å². The Balaban J connectivity index is 2.40. The van der Waals surface area contributed by atoms with Gasteiger partial charge in [0.25, 0.3) is 5.56 Å². The van der Waals surface area contributed by atoms with Crippen molar-refractivity contribution in [1.82, 2.24) is 9.55 Å². The average Bonchev–Trinajstić information content (AvgIpc) is 2.39. The molecule has 0 bridgehead atoms. The van der Waals surface area contributed by atoms with E-state index < -0.39 is 23.8 Å². The van der Waals surface area contributed by atoms with Crippen LogP contribution in [0.15, 0.2) is 41.5 Å². The van der Waals surface area contributed by atoms with Crippen molar-refractivity contribution in [2.75, 3.05) is 0 Å². The van der Waals surface area contributed by atoms with E-state index in [1.165, 1.54) is 30.5 Å². The van der Waals surface area contributed by atoms with Gasteiger partial charge >= 0.3 is 12.6 Å². The quantitative estimate of drug-likeness (QED) is 0.919. The lowest BCUT2D eigenvalue weighted by Crippen LogP contribution is -2.26. The van der Waals surface area contributed by atoms with Gasteiger partial charge in [0, 0.05) is 18.1 Å². The number of rotatable bonds is 4. The summed E-state index contributed by atoms with van der Waals surface area (Å²) in [6, 6.07) is 5.19. The molecule has 0 radical (unpaired) electrons. The molecule has 0 aliphatic heterocycles.